The molecular formula is C9H12F3N3. The lowest BCUT2D eigenvalue weighted by Gasteiger charge is -2.09. The van der Waals surface area contributed by atoms with Crippen molar-refractivity contribution in [2.45, 2.75) is 31.6 Å². The van der Waals surface area contributed by atoms with E-state index in [1.54, 1.807) is 12.5 Å². The normalized spacial score (nSPS) is 17.0. The Balaban J connectivity index is 1.85. The smallest absolute Gasteiger partial charge is 0.330 e. The van der Waals surface area contributed by atoms with E-state index in [2.05, 4.69) is 10.3 Å². The number of imidazole rings is 1. The first kappa shape index (κ1) is 10.5. The summed E-state index contributed by atoms with van der Waals surface area (Å²) < 4.78 is 37.6. The predicted molar refractivity (Wildman–Crippen MR) is 48.3 cm³/mol. The van der Waals surface area contributed by atoms with E-state index in [1.807, 2.05) is 4.57 Å². The molecule has 84 valence electrons. The summed E-state index contributed by atoms with van der Waals surface area (Å²) in [6.45, 7) is -0.737. The van der Waals surface area contributed by atoms with Gasteiger partial charge in [-0.3, -0.25) is 0 Å². The molecule has 0 spiro atoms. The van der Waals surface area contributed by atoms with Gasteiger partial charge in [-0.15, -0.1) is 0 Å². The van der Waals surface area contributed by atoms with E-state index in [-0.39, 0.29) is 6.54 Å². The third kappa shape index (κ3) is 2.95. The molecule has 1 aliphatic rings. The van der Waals surface area contributed by atoms with Crippen LogP contribution in [-0.2, 0) is 6.54 Å². The van der Waals surface area contributed by atoms with Crippen LogP contribution in [0.25, 0.3) is 0 Å². The first-order valence-electron chi connectivity index (χ1n) is 4.84. The minimum absolute atomic E-state index is 0.218. The lowest BCUT2D eigenvalue weighted by molar-refractivity contribution is -0.125. The zero-order valence-electron chi connectivity index (χ0n) is 8.09. The largest absolute Gasteiger partial charge is 0.401 e. The van der Waals surface area contributed by atoms with Crippen molar-refractivity contribution in [3.8, 4) is 0 Å². The average Bonchev–Trinajstić information content (AvgIpc) is 2.86. The van der Waals surface area contributed by atoms with Gasteiger partial charge in [0.15, 0.2) is 0 Å². The van der Waals surface area contributed by atoms with Gasteiger partial charge >= 0.3 is 6.18 Å². The number of rotatable bonds is 4. The number of aromatic nitrogens is 2. The number of alkyl halides is 3. The molecule has 0 amide bonds. The molecule has 2 rings (SSSR count). The molecule has 1 aromatic heterocycles. The van der Waals surface area contributed by atoms with E-state index in [0.29, 0.717) is 6.04 Å². The van der Waals surface area contributed by atoms with E-state index in [1.165, 1.54) is 0 Å². The zero-order chi connectivity index (χ0) is 10.9. The molecule has 0 unspecified atom stereocenters. The van der Waals surface area contributed by atoms with Gasteiger partial charge < -0.3 is 9.88 Å². The Kier molecular flexibility index (Phi) is 2.68. The van der Waals surface area contributed by atoms with Crippen LogP contribution in [0.2, 0.25) is 0 Å². The van der Waals surface area contributed by atoms with Crippen molar-refractivity contribution < 1.29 is 13.2 Å². The quantitative estimate of drug-likeness (QED) is 0.837. The predicted octanol–water partition coefficient (Wildman–Crippen LogP) is 1.87. The Morgan fingerprint density at radius 2 is 2.20 bits per heavy atom. The summed E-state index contributed by atoms with van der Waals surface area (Å²) in [6.07, 6.45) is 1.35. The molecule has 1 aliphatic carbocycles. The Morgan fingerprint density at radius 3 is 2.80 bits per heavy atom. The van der Waals surface area contributed by atoms with E-state index in [4.69, 9.17) is 0 Å². The van der Waals surface area contributed by atoms with Gasteiger partial charge in [0.05, 0.1) is 18.6 Å². The number of nitrogens with one attached hydrogen (secondary N) is 1. The molecule has 0 radical (unpaired) electrons. The second-order valence-corrected chi connectivity index (χ2v) is 3.74. The van der Waals surface area contributed by atoms with Crippen LogP contribution in [0.5, 0.6) is 0 Å². The summed E-state index contributed by atoms with van der Waals surface area (Å²) in [5.74, 6) is 0. The maximum Gasteiger partial charge on any atom is 0.401 e. The Hall–Kier alpha value is -1.04. The van der Waals surface area contributed by atoms with Gasteiger partial charge in [-0.25, -0.2) is 4.98 Å². The number of hydrogen-bond acceptors (Lipinski definition) is 2. The van der Waals surface area contributed by atoms with E-state index in [0.717, 1.165) is 18.5 Å². The molecule has 6 heteroatoms. The summed E-state index contributed by atoms with van der Waals surface area (Å²) in [6, 6.07) is 0.454. The molecule has 1 fully saturated rings. The van der Waals surface area contributed by atoms with Gasteiger partial charge in [0, 0.05) is 18.8 Å². The fourth-order valence-electron chi connectivity index (χ4n) is 1.48. The van der Waals surface area contributed by atoms with Crippen LogP contribution in [0, 0.1) is 0 Å². The summed E-state index contributed by atoms with van der Waals surface area (Å²) in [5, 5.41) is 2.36. The molecular weight excluding hydrogens is 207 g/mol. The van der Waals surface area contributed by atoms with Gasteiger partial charge in [-0.1, -0.05) is 0 Å². The van der Waals surface area contributed by atoms with Crippen molar-refractivity contribution in [3.05, 3.63) is 18.2 Å². The number of nitrogens with zero attached hydrogens (tertiary/aromatic N) is 2. The zero-order valence-corrected chi connectivity index (χ0v) is 8.09. The minimum Gasteiger partial charge on any atom is -0.330 e. The maximum atomic E-state index is 11.9. The summed E-state index contributed by atoms with van der Waals surface area (Å²) in [7, 11) is 0. The highest BCUT2D eigenvalue weighted by molar-refractivity contribution is 5.03. The monoisotopic (exact) mass is 219 g/mol. The van der Waals surface area contributed by atoms with E-state index >= 15 is 0 Å². The van der Waals surface area contributed by atoms with Crippen LogP contribution < -0.4 is 5.32 Å². The van der Waals surface area contributed by atoms with Crippen LogP contribution in [0.4, 0.5) is 13.2 Å². The van der Waals surface area contributed by atoms with Crippen LogP contribution in [0.1, 0.15) is 24.6 Å². The highest BCUT2D eigenvalue weighted by atomic mass is 19.4. The van der Waals surface area contributed by atoms with E-state index < -0.39 is 12.7 Å². The molecule has 0 saturated heterocycles. The van der Waals surface area contributed by atoms with Crippen molar-refractivity contribution in [1.29, 1.82) is 0 Å². The molecule has 0 aromatic carbocycles. The van der Waals surface area contributed by atoms with Crippen molar-refractivity contribution >= 4 is 0 Å². The average molecular weight is 219 g/mol. The van der Waals surface area contributed by atoms with Gasteiger partial charge in [0.2, 0.25) is 0 Å². The van der Waals surface area contributed by atoms with Crippen molar-refractivity contribution in [2.75, 3.05) is 6.54 Å². The highest BCUT2D eigenvalue weighted by Gasteiger charge is 2.27. The lowest BCUT2D eigenvalue weighted by atomic mass is 10.4. The third-order valence-corrected chi connectivity index (χ3v) is 2.32. The van der Waals surface area contributed by atoms with Gasteiger partial charge in [-0.2, -0.15) is 13.2 Å². The molecule has 1 N–H and O–H groups in total. The van der Waals surface area contributed by atoms with Crippen LogP contribution in [0.3, 0.4) is 0 Å². The van der Waals surface area contributed by atoms with Crippen LogP contribution in [-0.4, -0.2) is 22.3 Å². The molecule has 0 bridgehead atoms. The van der Waals surface area contributed by atoms with Crippen molar-refractivity contribution in [3.63, 3.8) is 0 Å². The molecule has 0 atom stereocenters. The molecule has 1 heterocycles. The topological polar surface area (TPSA) is 29.9 Å². The standard InChI is InChI=1S/C9H12F3N3/c10-9(11,12)5-13-3-8-4-14-6-15(8)7-1-2-7/h4,6-7,13H,1-3,5H2. The first-order valence-corrected chi connectivity index (χ1v) is 4.84. The minimum atomic E-state index is -4.15. The summed E-state index contributed by atoms with van der Waals surface area (Å²) >= 11 is 0. The van der Waals surface area contributed by atoms with Crippen molar-refractivity contribution in [1.82, 2.24) is 14.9 Å². The Labute approximate surface area is 85.3 Å². The second kappa shape index (κ2) is 3.84. The molecule has 0 aliphatic heterocycles. The van der Waals surface area contributed by atoms with Gasteiger partial charge in [0.1, 0.15) is 0 Å². The second-order valence-electron chi connectivity index (χ2n) is 3.74. The lowest BCUT2D eigenvalue weighted by Crippen LogP contribution is -2.28. The summed E-state index contributed by atoms with van der Waals surface area (Å²) in [5.41, 5.74) is 0.821. The summed E-state index contributed by atoms with van der Waals surface area (Å²) in [4.78, 5) is 3.94. The van der Waals surface area contributed by atoms with E-state index in [9.17, 15) is 13.2 Å². The fourth-order valence-corrected chi connectivity index (χ4v) is 1.48. The Morgan fingerprint density at radius 1 is 1.47 bits per heavy atom. The van der Waals surface area contributed by atoms with Crippen molar-refractivity contribution in [2.24, 2.45) is 0 Å². The van der Waals surface area contributed by atoms with Crippen LogP contribution >= 0.6 is 0 Å². The van der Waals surface area contributed by atoms with Crippen LogP contribution in [0.15, 0.2) is 12.5 Å². The SMILES string of the molecule is FC(F)(F)CNCc1cncn1C1CC1. The first-order chi connectivity index (χ1) is 7.06. The Bertz CT molecular complexity index is 328. The van der Waals surface area contributed by atoms with Gasteiger partial charge in [-0.05, 0) is 12.8 Å². The third-order valence-electron chi connectivity index (χ3n) is 2.32. The molecule has 1 saturated carbocycles. The molecule has 15 heavy (non-hydrogen) atoms. The number of hydrogen-bond donors (Lipinski definition) is 1. The molecule has 3 nitrogen and oxygen atoms in total. The fraction of sp³-hybridized carbons (Fsp3) is 0.667. The molecule has 1 aromatic rings. The maximum absolute atomic E-state index is 11.9. The highest BCUT2D eigenvalue weighted by Crippen LogP contribution is 2.35. The number of halogens is 3. The van der Waals surface area contributed by atoms with Gasteiger partial charge in [0.25, 0.3) is 0 Å².